The van der Waals surface area contributed by atoms with Crippen LogP contribution >= 0.6 is 0 Å². The molecule has 0 N–H and O–H groups in total. The third-order valence-electron chi connectivity index (χ3n) is 4.58. The summed E-state index contributed by atoms with van der Waals surface area (Å²) in [5.41, 5.74) is 4.74. The van der Waals surface area contributed by atoms with Gasteiger partial charge in [0.1, 0.15) is 0 Å². The zero-order chi connectivity index (χ0) is 12.8. The summed E-state index contributed by atoms with van der Waals surface area (Å²) in [5.74, 6) is 0. The van der Waals surface area contributed by atoms with E-state index in [1.165, 1.54) is 30.6 Å². The SMILES string of the molecule is Cc1ccc2c(c1)N(C(C)C)CC21CCOCC1. The van der Waals surface area contributed by atoms with Gasteiger partial charge in [-0.05, 0) is 50.8 Å². The highest BCUT2D eigenvalue weighted by Gasteiger charge is 2.44. The van der Waals surface area contributed by atoms with E-state index in [-0.39, 0.29) is 0 Å². The molecular weight excluding hydrogens is 222 g/mol. The Bertz CT molecular complexity index is 446. The average molecular weight is 245 g/mol. The van der Waals surface area contributed by atoms with Crippen LogP contribution < -0.4 is 4.90 Å². The number of nitrogens with zero attached hydrogens (tertiary/aromatic N) is 1. The summed E-state index contributed by atoms with van der Waals surface area (Å²) in [6, 6.07) is 7.56. The van der Waals surface area contributed by atoms with E-state index in [2.05, 4.69) is 43.9 Å². The Balaban J connectivity index is 2.07. The van der Waals surface area contributed by atoms with E-state index in [9.17, 15) is 0 Å². The van der Waals surface area contributed by atoms with E-state index in [0.29, 0.717) is 11.5 Å². The van der Waals surface area contributed by atoms with Crippen molar-refractivity contribution >= 4 is 5.69 Å². The third kappa shape index (κ3) is 1.74. The molecule has 1 aromatic rings. The first-order valence-electron chi connectivity index (χ1n) is 7.08. The van der Waals surface area contributed by atoms with Crippen molar-refractivity contribution in [1.29, 1.82) is 0 Å². The molecule has 98 valence electrons. The van der Waals surface area contributed by atoms with Gasteiger partial charge in [-0.15, -0.1) is 0 Å². The van der Waals surface area contributed by atoms with E-state index in [4.69, 9.17) is 4.74 Å². The predicted octanol–water partition coefficient (Wildman–Crippen LogP) is 3.27. The maximum Gasteiger partial charge on any atom is 0.0475 e. The van der Waals surface area contributed by atoms with Crippen LogP contribution in [0.25, 0.3) is 0 Å². The minimum atomic E-state index is 0.353. The highest BCUT2D eigenvalue weighted by atomic mass is 16.5. The Hall–Kier alpha value is -1.02. The van der Waals surface area contributed by atoms with Gasteiger partial charge in [-0.2, -0.15) is 0 Å². The standard InChI is InChI=1S/C16H23NO/c1-12(2)17-11-16(6-8-18-9-7-16)14-5-4-13(3)10-15(14)17/h4-5,10,12H,6-9,11H2,1-3H3. The summed E-state index contributed by atoms with van der Waals surface area (Å²) in [6.45, 7) is 9.79. The number of anilines is 1. The fraction of sp³-hybridized carbons (Fsp3) is 0.625. The molecule has 18 heavy (non-hydrogen) atoms. The van der Waals surface area contributed by atoms with E-state index >= 15 is 0 Å². The largest absolute Gasteiger partial charge is 0.381 e. The van der Waals surface area contributed by atoms with Gasteiger partial charge in [-0.25, -0.2) is 0 Å². The van der Waals surface area contributed by atoms with Crippen molar-refractivity contribution in [1.82, 2.24) is 0 Å². The van der Waals surface area contributed by atoms with Gasteiger partial charge < -0.3 is 9.64 Å². The Kier molecular flexibility index (Phi) is 2.86. The number of fused-ring (bicyclic) bond motifs is 2. The quantitative estimate of drug-likeness (QED) is 0.753. The van der Waals surface area contributed by atoms with Gasteiger partial charge >= 0.3 is 0 Å². The minimum Gasteiger partial charge on any atom is -0.381 e. The van der Waals surface area contributed by atoms with Crippen molar-refractivity contribution in [3.8, 4) is 0 Å². The second kappa shape index (κ2) is 4.27. The van der Waals surface area contributed by atoms with Crippen LogP contribution in [0.4, 0.5) is 5.69 Å². The molecule has 0 unspecified atom stereocenters. The molecule has 0 aliphatic carbocycles. The normalized spacial score (nSPS) is 21.7. The van der Waals surface area contributed by atoms with Crippen LogP contribution in [0.15, 0.2) is 18.2 Å². The molecule has 3 rings (SSSR count). The molecule has 0 aromatic heterocycles. The smallest absolute Gasteiger partial charge is 0.0475 e. The lowest BCUT2D eigenvalue weighted by atomic mass is 9.76. The Morgan fingerprint density at radius 3 is 2.61 bits per heavy atom. The molecule has 0 radical (unpaired) electrons. The first-order valence-corrected chi connectivity index (χ1v) is 7.08. The Labute approximate surface area is 110 Å². The van der Waals surface area contributed by atoms with Crippen molar-refractivity contribution in [2.24, 2.45) is 0 Å². The molecule has 0 atom stereocenters. The van der Waals surface area contributed by atoms with Gasteiger partial charge in [-0.1, -0.05) is 12.1 Å². The van der Waals surface area contributed by atoms with E-state index in [0.717, 1.165) is 13.2 Å². The Morgan fingerprint density at radius 1 is 1.22 bits per heavy atom. The third-order valence-corrected chi connectivity index (χ3v) is 4.58. The molecule has 1 fully saturated rings. The van der Waals surface area contributed by atoms with Crippen molar-refractivity contribution in [3.05, 3.63) is 29.3 Å². The first-order chi connectivity index (χ1) is 8.62. The van der Waals surface area contributed by atoms with Crippen LogP contribution in [0.3, 0.4) is 0 Å². The molecule has 0 saturated carbocycles. The van der Waals surface area contributed by atoms with E-state index < -0.39 is 0 Å². The van der Waals surface area contributed by atoms with Crippen LogP contribution in [-0.2, 0) is 10.2 Å². The highest BCUT2D eigenvalue weighted by Crippen LogP contribution is 2.47. The van der Waals surface area contributed by atoms with E-state index in [1.54, 1.807) is 5.56 Å². The van der Waals surface area contributed by atoms with Crippen LogP contribution in [0, 0.1) is 6.92 Å². The molecule has 0 bridgehead atoms. The van der Waals surface area contributed by atoms with Crippen molar-refractivity contribution < 1.29 is 4.74 Å². The summed E-state index contributed by atoms with van der Waals surface area (Å²) in [5, 5.41) is 0. The number of rotatable bonds is 1. The first kappa shape index (κ1) is 12.0. The van der Waals surface area contributed by atoms with Crippen LogP contribution in [0.5, 0.6) is 0 Å². The van der Waals surface area contributed by atoms with Crippen LogP contribution in [0.1, 0.15) is 37.8 Å². The maximum atomic E-state index is 5.57. The second-order valence-electron chi connectivity index (χ2n) is 6.13. The summed E-state index contributed by atoms with van der Waals surface area (Å²) in [4.78, 5) is 2.58. The van der Waals surface area contributed by atoms with Gasteiger partial charge in [0.15, 0.2) is 0 Å². The van der Waals surface area contributed by atoms with Crippen molar-refractivity contribution in [2.75, 3.05) is 24.7 Å². The summed E-state index contributed by atoms with van der Waals surface area (Å²) >= 11 is 0. The zero-order valence-corrected chi connectivity index (χ0v) is 11.7. The number of aryl methyl sites for hydroxylation is 1. The molecule has 2 heteroatoms. The van der Waals surface area contributed by atoms with E-state index in [1.807, 2.05) is 0 Å². The van der Waals surface area contributed by atoms with Crippen LogP contribution in [-0.4, -0.2) is 25.8 Å². The molecule has 1 aromatic carbocycles. The molecule has 0 amide bonds. The predicted molar refractivity (Wildman–Crippen MR) is 75.4 cm³/mol. The zero-order valence-electron chi connectivity index (χ0n) is 11.7. The molecule has 2 aliphatic rings. The highest BCUT2D eigenvalue weighted by molar-refractivity contribution is 5.64. The lowest BCUT2D eigenvalue weighted by Crippen LogP contribution is -2.40. The van der Waals surface area contributed by atoms with Gasteiger partial charge in [0.25, 0.3) is 0 Å². The van der Waals surface area contributed by atoms with Gasteiger partial charge in [0.05, 0.1) is 0 Å². The summed E-state index contributed by atoms with van der Waals surface area (Å²) in [7, 11) is 0. The van der Waals surface area contributed by atoms with Crippen molar-refractivity contribution in [2.45, 2.75) is 45.1 Å². The van der Waals surface area contributed by atoms with Gasteiger partial charge in [0, 0.05) is 36.9 Å². The number of hydrogen-bond donors (Lipinski definition) is 0. The summed E-state index contributed by atoms with van der Waals surface area (Å²) < 4.78 is 5.57. The molecule has 2 nitrogen and oxygen atoms in total. The topological polar surface area (TPSA) is 12.5 Å². The van der Waals surface area contributed by atoms with Crippen molar-refractivity contribution in [3.63, 3.8) is 0 Å². The summed E-state index contributed by atoms with van der Waals surface area (Å²) in [6.07, 6.45) is 2.35. The van der Waals surface area contributed by atoms with Gasteiger partial charge in [-0.3, -0.25) is 0 Å². The lowest BCUT2D eigenvalue weighted by molar-refractivity contribution is 0.0551. The van der Waals surface area contributed by atoms with Gasteiger partial charge in [0.2, 0.25) is 0 Å². The van der Waals surface area contributed by atoms with Crippen LogP contribution in [0.2, 0.25) is 0 Å². The monoisotopic (exact) mass is 245 g/mol. The average Bonchev–Trinajstić information content (AvgIpc) is 2.65. The number of ether oxygens (including phenoxy) is 1. The number of benzene rings is 1. The fourth-order valence-corrected chi connectivity index (χ4v) is 3.47. The molecule has 1 saturated heterocycles. The molecule has 2 aliphatic heterocycles. The number of hydrogen-bond acceptors (Lipinski definition) is 2. The Morgan fingerprint density at radius 2 is 1.94 bits per heavy atom. The second-order valence-corrected chi connectivity index (χ2v) is 6.13. The molecular formula is C16H23NO. The maximum absolute atomic E-state index is 5.57. The lowest BCUT2D eigenvalue weighted by Gasteiger charge is -2.35. The minimum absolute atomic E-state index is 0.353. The molecule has 2 heterocycles. The molecule has 1 spiro atoms. The fourth-order valence-electron chi connectivity index (χ4n) is 3.47.